The van der Waals surface area contributed by atoms with E-state index >= 15 is 0 Å². The molecule has 0 fully saturated rings. The van der Waals surface area contributed by atoms with Gasteiger partial charge >= 0.3 is 5.92 Å². The van der Waals surface area contributed by atoms with Crippen LogP contribution in [0, 0.1) is 6.92 Å². The lowest BCUT2D eigenvalue weighted by atomic mass is 10.2. The van der Waals surface area contributed by atoms with Crippen molar-refractivity contribution in [1.82, 2.24) is 24.3 Å². The van der Waals surface area contributed by atoms with Gasteiger partial charge in [0.15, 0.2) is 0 Å². The van der Waals surface area contributed by atoms with Crippen molar-refractivity contribution < 1.29 is 13.6 Å². The first-order valence-electron chi connectivity index (χ1n) is 8.77. The lowest BCUT2D eigenvalue weighted by molar-refractivity contribution is -0.114. The Morgan fingerprint density at radius 3 is 2.55 bits per heavy atom. The van der Waals surface area contributed by atoms with Gasteiger partial charge in [-0.3, -0.25) is 4.79 Å². The van der Waals surface area contributed by atoms with E-state index in [-0.39, 0.29) is 11.7 Å². The molecule has 29 heavy (non-hydrogen) atoms. The highest BCUT2D eigenvalue weighted by atomic mass is 32.1. The minimum atomic E-state index is -3.18. The molecule has 0 aliphatic carbocycles. The average molecular weight is 419 g/mol. The number of anilines is 3. The number of amides is 1. The Hall–Kier alpha value is -3.08. The Kier molecular flexibility index (Phi) is 5.78. The van der Waals surface area contributed by atoms with Crippen molar-refractivity contribution in [1.29, 1.82) is 0 Å². The Morgan fingerprint density at radius 2 is 1.97 bits per heavy atom. The summed E-state index contributed by atoms with van der Waals surface area (Å²) < 4.78 is 31.8. The second-order valence-corrected chi connectivity index (χ2v) is 7.13. The predicted molar refractivity (Wildman–Crippen MR) is 106 cm³/mol. The zero-order valence-electron chi connectivity index (χ0n) is 16.2. The van der Waals surface area contributed by atoms with E-state index in [2.05, 4.69) is 34.9 Å². The molecule has 3 heterocycles. The third kappa shape index (κ3) is 5.05. The van der Waals surface area contributed by atoms with Crippen LogP contribution in [0.4, 0.5) is 26.1 Å². The molecular weight excluding hydrogens is 400 g/mol. The number of pyridine rings is 1. The van der Waals surface area contributed by atoms with Gasteiger partial charge in [-0.2, -0.15) is 13.2 Å². The van der Waals surface area contributed by atoms with E-state index in [1.54, 1.807) is 19.1 Å². The van der Waals surface area contributed by atoms with Crippen LogP contribution >= 0.6 is 11.5 Å². The Bertz CT molecular complexity index is 1050. The smallest absolute Gasteiger partial charge is 0.303 e. The van der Waals surface area contributed by atoms with Crippen molar-refractivity contribution in [2.24, 2.45) is 0 Å². The highest BCUT2D eigenvalue weighted by molar-refractivity contribution is 7.09. The highest BCUT2D eigenvalue weighted by Crippen LogP contribution is 2.33. The second-order valence-electron chi connectivity index (χ2n) is 6.38. The number of halogens is 2. The summed E-state index contributed by atoms with van der Waals surface area (Å²) in [5.74, 6) is -2.92. The van der Waals surface area contributed by atoms with Crippen molar-refractivity contribution in [2.75, 3.05) is 10.6 Å². The number of carbonyl (C=O) groups excluding carboxylic acids is 1. The van der Waals surface area contributed by atoms with Crippen molar-refractivity contribution in [3.8, 4) is 10.6 Å². The molecule has 152 valence electrons. The summed E-state index contributed by atoms with van der Waals surface area (Å²) in [4.78, 5) is 27.8. The van der Waals surface area contributed by atoms with Gasteiger partial charge in [0.1, 0.15) is 22.5 Å². The van der Waals surface area contributed by atoms with E-state index in [1.165, 1.54) is 24.7 Å². The van der Waals surface area contributed by atoms with E-state index < -0.39 is 11.7 Å². The molecule has 0 unspecified atom stereocenters. The van der Waals surface area contributed by atoms with Gasteiger partial charge in [0, 0.05) is 37.9 Å². The number of carbonyl (C=O) groups is 1. The van der Waals surface area contributed by atoms with Gasteiger partial charge in [0.05, 0.1) is 11.3 Å². The first-order chi connectivity index (χ1) is 13.7. The molecule has 0 aromatic carbocycles. The van der Waals surface area contributed by atoms with Crippen LogP contribution in [0.2, 0.25) is 0 Å². The van der Waals surface area contributed by atoms with Crippen molar-refractivity contribution in [3.63, 3.8) is 0 Å². The number of aromatic nitrogens is 5. The Balaban J connectivity index is 2.08. The van der Waals surface area contributed by atoms with Crippen LogP contribution in [0.25, 0.3) is 10.6 Å². The minimum absolute atomic E-state index is 0.204. The molecule has 0 spiro atoms. The van der Waals surface area contributed by atoms with Crippen molar-refractivity contribution in [3.05, 3.63) is 35.7 Å². The minimum Gasteiger partial charge on any atom is -0.339 e. The molecule has 0 aliphatic rings. The summed E-state index contributed by atoms with van der Waals surface area (Å²) in [5, 5.41) is 6.24. The van der Waals surface area contributed by atoms with Gasteiger partial charge in [-0.25, -0.2) is 19.9 Å². The third-order valence-corrected chi connectivity index (χ3v) is 4.60. The monoisotopic (exact) mass is 419 g/mol. The van der Waals surface area contributed by atoms with Crippen LogP contribution in [0.1, 0.15) is 38.1 Å². The molecule has 1 amide bonds. The molecule has 2 N–H and O–H groups in total. The lowest BCUT2D eigenvalue weighted by Gasteiger charge is -2.15. The number of rotatable bonds is 6. The molecule has 0 bridgehead atoms. The van der Waals surface area contributed by atoms with Gasteiger partial charge in [0.25, 0.3) is 0 Å². The third-order valence-electron chi connectivity index (χ3n) is 3.76. The zero-order valence-corrected chi connectivity index (χ0v) is 17.1. The maximum atomic E-state index is 13.8. The molecule has 0 saturated heterocycles. The summed E-state index contributed by atoms with van der Waals surface area (Å²) >= 11 is 1.18. The van der Waals surface area contributed by atoms with Crippen LogP contribution < -0.4 is 10.6 Å². The summed E-state index contributed by atoms with van der Waals surface area (Å²) in [6.07, 6.45) is 2.00. The fourth-order valence-corrected chi connectivity index (χ4v) is 3.15. The number of hydrogen-bond donors (Lipinski definition) is 2. The number of nitrogens with zero attached hydrogens (tertiary/aromatic N) is 5. The van der Waals surface area contributed by atoms with Crippen LogP contribution in [0.5, 0.6) is 0 Å². The number of hydrogen-bond acceptors (Lipinski definition) is 8. The topological polar surface area (TPSA) is 106 Å². The van der Waals surface area contributed by atoms with Gasteiger partial charge < -0.3 is 10.6 Å². The second kappa shape index (κ2) is 8.11. The largest absolute Gasteiger partial charge is 0.339 e. The first-order valence-corrected chi connectivity index (χ1v) is 9.54. The first kappa shape index (κ1) is 20.6. The normalized spacial score (nSPS) is 11.4. The molecule has 0 saturated carbocycles. The summed E-state index contributed by atoms with van der Waals surface area (Å²) in [7, 11) is 0. The van der Waals surface area contributed by atoms with Crippen LogP contribution in [-0.2, 0) is 17.1 Å². The van der Waals surface area contributed by atoms with E-state index in [0.717, 1.165) is 6.92 Å². The molecule has 0 aliphatic heterocycles. The van der Waals surface area contributed by atoms with Crippen LogP contribution in [0.3, 0.4) is 0 Å². The standard InChI is InChI=1S/C18H19F2N7OS/c1-5-11-6-15(26-17(24-11)18(4,19)20)25-13-7-14(23-10(3)28)21-8-12(13)16-22-9(2)27-29-16/h6-8H,5H2,1-4H3,(H2,21,23,24,25,26,28). The molecule has 8 nitrogen and oxygen atoms in total. The number of alkyl halides is 2. The fraction of sp³-hybridized carbons (Fsp3) is 0.333. The van der Waals surface area contributed by atoms with Gasteiger partial charge in [-0.1, -0.05) is 6.92 Å². The molecule has 3 rings (SSSR count). The van der Waals surface area contributed by atoms with E-state index in [0.29, 0.717) is 40.0 Å². The molecular formula is C18H19F2N7OS. The van der Waals surface area contributed by atoms with E-state index in [4.69, 9.17) is 0 Å². The molecule has 0 radical (unpaired) electrons. The zero-order chi connectivity index (χ0) is 21.2. The highest BCUT2D eigenvalue weighted by Gasteiger charge is 2.29. The van der Waals surface area contributed by atoms with Crippen molar-refractivity contribution >= 4 is 34.8 Å². The number of nitrogens with one attached hydrogen (secondary N) is 2. The maximum absolute atomic E-state index is 13.8. The molecule has 3 aromatic heterocycles. The molecule has 3 aromatic rings. The lowest BCUT2D eigenvalue weighted by Crippen LogP contribution is -2.15. The Morgan fingerprint density at radius 1 is 1.21 bits per heavy atom. The summed E-state index contributed by atoms with van der Waals surface area (Å²) in [5.41, 5.74) is 1.57. The molecule has 0 atom stereocenters. The Labute approximate surface area is 170 Å². The predicted octanol–water partition coefficient (Wildman–Crippen LogP) is 4.07. The van der Waals surface area contributed by atoms with Crippen molar-refractivity contribution in [2.45, 2.75) is 40.0 Å². The van der Waals surface area contributed by atoms with Crippen LogP contribution in [0.15, 0.2) is 18.3 Å². The average Bonchev–Trinajstić information content (AvgIpc) is 3.06. The van der Waals surface area contributed by atoms with E-state index in [9.17, 15) is 13.6 Å². The SMILES string of the molecule is CCc1cc(Nc2cc(NC(C)=O)ncc2-c2nc(C)ns2)nc(C(C)(F)F)n1. The van der Waals surface area contributed by atoms with Gasteiger partial charge in [0.2, 0.25) is 11.7 Å². The van der Waals surface area contributed by atoms with Gasteiger partial charge in [-0.05, 0) is 24.9 Å². The fourth-order valence-electron chi connectivity index (χ4n) is 2.46. The number of aryl methyl sites for hydroxylation is 2. The molecule has 11 heteroatoms. The maximum Gasteiger partial charge on any atom is 0.303 e. The van der Waals surface area contributed by atoms with Gasteiger partial charge in [-0.15, -0.1) is 0 Å². The summed E-state index contributed by atoms with van der Waals surface area (Å²) in [6.45, 7) is 5.70. The van der Waals surface area contributed by atoms with Crippen LogP contribution in [-0.4, -0.2) is 30.2 Å². The van der Waals surface area contributed by atoms with E-state index in [1.807, 2.05) is 6.92 Å². The quantitative estimate of drug-likeness (QED) is 0.620. The summed E-state index contributed by atoms with van der Waals surface area (Å²) in [6, 6.07) is 3.19.